The number of rotatable bonds is 8. The molecule has 7 rings (SSSR count). The van der Waals surface area contributed by atoms with Crippen LogP contribution in [0.3, 0.4) is 0 Å². The first kappa shape index (κ1) is 38.2. The third-order valence-electron chi connectivity index (χ3n) is 9.49. The summed E-state index contributed by atoms with van der Waals surface area (Å²) in [5.74, 6) is 1.45. The van der Waals surface area contributed by atoms with Gasteiger partial charge in [0.25, 0.3) is 11.1 Å². The number of carbonyl (C=O) groups is 2. The van der Waals surface area contributed by atoms with Gasteiger partial charge in [0.05, 0.1) is 41.0 Å². The lowest BCUT2D eigenvalue weighted by Gasteiger charge is -2.39. The summed E-state index contributed by atoms with van der Waals surface area (Å²) in [5.41, 5.74) is 5.32. The Morgan fingerprint density at radius 3 is 2.04 bits per heavy atom. The molecule has 284 valence electrons. The predicted molar refractivity (Wildman–Crippen MR) is 206 cm³/mol. The minimum Gasteiger partial charge on any atom is -0.486 e. The van der Waals surface area contributed by atoms with Crippen molar-refractivity contribution in [3.63, 3.8) is 0 Å². The van der Waals surface area contributed by atoms with Crippen LogP contribution in [0.2, 0.25) is 0 Å². The molecule has 0 N–H and O–H groups in total. The first-order valence-corrected chi connectivity index (χ1v) is 18.3. The molecule has 0 spiro atoms. The minimum atomic E-state index is -0.582. The molecule has 2 aliphatic rings. The van der Waals surface area contributed by atoms with Crippen LogP contribution in [0.25, 0.3) is 22.1 Å². The van der Waals surface area contributed by atoms with Gasteiger partial charge in [-0.2, -0.15) is 0 Å². The van der Waals surface area contributed by atoms with Crippen LogP contribution in [0.15, 0.2) is 76.6 Å². The van der Waals surface area contributed by atoms with Gasteiger partial charge in [-0.15, -0.1) is 0 Å². The maximum atomic E-state index is 13.3. The number of aldehydes is 1. The highest BCUT2D eigenvalue weighted by Crippen LogP contribution is 2.32. The Labute approximate surface area is 314 Å². The standard InChI is InChI=1S/C30H38N4O5.C11H10N2O2/c1-21-5-7-24-25(17-21)33(28(35)19-31-24)14-13-32-11-9-23(10-12-32)34(29(36)39-30(2,3)4)20-22-6-8-26-27(18-22)38-16-15-37-26;1-8-2-3-9-10(6-8)13(4-5-14)11(15)7-12-9/h5-8,17-19,23H,9-16,20H2,1-4H3;2-3,5-7H,4H2,1H3. The monoisotopic (exact) mass is 736 g/mol. The average Bonchev–Trinajstić information content (AvgIpc) is 3.14. The van der Waals surface area contributed by atoms with Gasteiger partial charge in [-0.25, -0.2) is 14.8 Å². The van der Waals surface area contributed by atoms with Crippen LogP contribution in [0.4, 0.5) is 4.79 Å². The van der Waals surface area contributed by atoms with Crippen LogP contribution in [0.5, 0.6) is 11.5 Å². The summed E-state index contributed by atoms with van der Waals surface area (Å²) in [6.45, 7) is 14.2. The van der Waals surface area contributed by atoms with E-state index >= 15 is 0 Å². The highest BCUT2D eigenvalue weighted by molar-refractivity contribution is 5.76. The molecule has 3 aromatic carbocycles. The van der Waals surface area contributed by atoms with E-state index < -0.39 is 5.60 Å². The normalized spacial score (nSPS) is 14.7. The van der Waals surface area contributed by atoms with Gasteiger partial charge in [0.1, 0.15) is 25.1 Å². The van der Waals surface area contributed by atoms with Gasteiger partial charge in [-0.05, 0) is 101 Å². The topological polar surface area (TPSA) is 138 Å². The first-order valence-electron chi connectivity index (χ1n) is 18.3. The van der Waals surface area contributed by atoms with Crippen molar-refractivity contribution in [1.82, 2.24) is 28.9 Å². The summed E-state index contributed by atoms with van der Waals surface area (Å²) in [6.07, 6.45) is 4.70. The zero-order chi connectivity index (χ0) is 38.4. The van der Waals surface area contributed by atoms with E-state index in [0.29, 0.717) is 43.9 Å². The molecule has 0 atom stereocenters. The highest BCUT2D eigenvalue weighted by atomic mass is 16.6. The third-order valence-corrected chi connectivity index (χ3v) is 9.49. The van der Waals surface area contributed by atoms with Crippen LogP contribution >= 0.6 is 0 Å². The zero-order valence-corrected chi connectivity index (χ0v) is 31.6. The fourth-order valence-electron chi connectivity index (χ4n) is 6.78. The lowest BCUT2D eigenvalue weighted by atomic mass is 10.0. The second-order valence-corrected chi connectivity index (χ2v) is 14.8. The van der Waals surface area contributed by atoms with Gasteiger partial charge in [-0.3, -0.25) is 14.2 Å². The molecule has 4 heterocycles. The number of nitrogens with zero attached hydrogens (tertiary/aromatic N) is 6. The van der Waals surface area contributed by atoms with E-state index in [1.54, 1.807) is 0 Å². The van der Waals surface area contributed by atoms with Gasteiger partial charge in [0, 0.05) is 38.8 Å². The molecule has 1 amide bonds. The molecule has 0 unspecified atom stereocenters. The van der Waals surface area contributed by atoms with Crippen LogP contribution in [0.1, 0.15) is 50.3 Å². The third kappa shape index (κ3) is 9.32. The number of aromatic nitrogens is 4. The molecule has 13 nitrogen and oxygen atoms in total. The van der Waals surface area contributed by atoms with Gasteiger partial charge < -0.3 is 33.4 Å². The van der Waals surface area contributed by atoms with Crippen molar-refractivity contribution in [1.29, 1.82) is 0 Å². The molecule has 54 heavy (non-hydrogen) atoms. The van der Waals surface area contributed by atoms with E-state index in [4.69, 9.17) is 14.2 Å². The second-order valence-electron chi connectivity index (χ2n) is 14.8. The molecule has 0 aliphatic carbocycles. The van der Waals surface area contributed by atoms with Gasteiger partial charge in [-0.1, -0.05) is 18.2 Å². The Kier molecular flexibility index (Phi) is 11.8. The second kappa shape index (κ2) is 16.6. The number of piperidine rings is 1. The number of fused-ring (bicyclic) bond motifs is 3. The van der Waals surface area contributed by atoms with Crippen molar-refractivity contribution < 1.29 is 23.8 Å². The first-order chi connectivity index (χ1) is 25.9. The number of ether oxygens (including phenoxy) is 3. The predicted octanol–water partition coefficient (Wildman–Crippen LogP) is 5.28. The Morgan fingerprint density at radius 2 is 1.43 bits per heavy atom. The lowest BCUT2D eigenvalue weighted by molar-refractivity contribution is -0.108. The highest BCUT2D eigenvalue weighted by Gasteiger charge is 2.31. The molecule has 0 radical (unpaired) electrons. The molecule has 1 fully saturated rings. The van der Waals surface area contributed by atoms with E-state index in [1.165, 1.54) is 17.0 Å². The molecular weight excluding hydrogens is 688 g/mol. The van der Waals surface area contributed by atoms with Crippen molar-refractivity contribution in [2.45, 2.75) is 78.7 Å². The van der Waals surface area contributed by atoms with Crippen LogP contribution in [-0.4, -0.2) is 85.8 Å². The number of hydrogen-bond acceptors (Lipinski definition) is 10. The Bertz CT molecular complexity index is 2250. The summed E-state index contributed by atoms with van der Waals surface area (Å²) in [4.78, 5) is 60.4. The Balaban J connectivity index is 0.000000276. The van der Waals surface area contributed by atoms with Crippen molar-refractivity contribution in [3.05, 3.63) is 104 Å². The smallest absolute Gasteiger partial charge is 0.410 e. The summed E-state index contributed by atoms with van der Waals surface area (Å²) in [6, 6.07) is 17.5. The molecule has 2 aromatic heterocycles. The SMILES string of the molecule is Cc1ccc2ncc(=O)n(CC=O)c2c1.Cc1ccc2ncc(=O)n(CCN3CCC(N(Cc4ccc5c(c4)OCCO5)C(=O)OC(C)(C)C)CC3)c2c1. The number of aryl methyl sites for hydroxylation is 2. The number of hydrogen-bond donors (Lipinski definition) is 0. The fraction of sp³-hybridized carbons (Fsp3) is 0.415. The van der Waals surface area contributed by atoms with Crippen molar-refractivity contribution >= 4 is 34.4 Å². The van der Waals surface area contributed by atoms with Gasteiger partial charge >= 0.3 is 6.09 Å². The van der Waals surface area contributed by atoms with Crippen LogP contribution in [-0.2, 0) is 29.2 Å². The molecule has 1 saturated heterocycles. The fourth-order valence-corrected chi connectivity index (χ4v) is 6.78. The number of amides is 1. The summed E-state index contributed by atoms with van der Waals surface area (Å²) in [7, 11) is 0. The maximum Gasteiger partial charge on any atom is 0.410 e. The van der Waals surface area contributed by atoms with E-state index in [0.717, 1.165) is 71.5 Å². The van der Waals surface area contributed by atoms with Crippen LogP contribution < -0.4 is 20.6 Å². The summed E-state index contributed by atoms with van der Waals surface area (Å²) in [5, 5.41) is 0. The van der Waals surface area contributed by atoms with E-state index in [2.05, 4.69) is 14.9 Å². The van der Waals surface area contributed by atoms with Crippen molar-refractivity contribution in [3.8, 4) is 11.5 Å². The minimum absolute atomic E-state index is 0.0522. The van der Waals surface area contributed by atoms with E-state index in [-0.39, 0.29) is 29.8 Å². The van der Waals surface area contributed by atoms with Gasteiger partial charge in [0.2, 0.25) is 0 Å². The molecule has 13 heteroatoms. The number of carbonyl (C=O) groups excluding carboxylic acids is 2. The zero-order valence-electron chi connectivity index (χ0n) is 31.6. The van der Waals surface area contributed by atoms with Crippen molar-refractivity contribution in [2.24, 2.45) is 0 Å². The average molecular weight is 737 g/mol. The number of likely N-dealkylation sites (tertiary alicyclic amines) is 1. The largest absolute Gasteiger partial charge is 0.486 e. The molecule has 0 bridgehead atoms. The quantitative estimate of drug-likeness (QED) is 0.194. The van der Waals surface area contributed by atoms with Crippen LogP contribution in [0, 0.1) is 13.8 Å². The lowest BCUT2D eigenvalue weighted by Crippen LogP contribution is -2.49. The van der Waals surface area contributed by atoms with Gasteiger partial charge in [0.15, 0.2) is 11.5 Å². The number of benzene rings is 3. The molecule has 0 saturated carbocycles. The Hall–Kier alpha value is -5.56. The van der Waals surface area contributed by atoms with E-state index in [1.807, 2.05) is 98.7 Å². The maximum absolute atomic E-state index is 13.3. The van der Waals surface area contributed by atoms with Crippen molar-refractivity contribution in [2.75, 3.05) is 32.8 Å². The molecule has 2 aliphatic heterocycles. The Morgan fingerprint density at radius 1 is 0.833 bits per heavy atom. The molecular formula is C41H48N6O7. The summed E-state index contributed by atoms with van der Waals surface area (Å²) < 4.78 is 20.5. The molecule has 5 aromatic rings. The summed E-state index contributed by atoms with van der Waals surface area (Å²) >= 11 is 0. The van der Waals surface area contributed by atoms with E-state index in [9.17, 15) is 19.2 Å².